The minimum absolute atomic E-state index is 0.268. The summed E-state index contributed by atoms with van der Waals surface area (Å²) < 4.78 is 2.07. The molecule has 0 aliphatic rings. The smallest absolute Gasteiger partial charge is 0.248 e. The number of carbonyl (C=O) groups is 1. The number of pyridine rings is 1. The molecule has 2 rings (SSSR count). The predicted octanol–water partition coefficient (Wildman–Crippen LogP) is 6.13. The maximum Gasteiger partial charge on any atom is 0.248 e. The zero-order valence-corrected chi connectivity index (χ0v) is 16.3. The number of rotatable bonds is 13. The van der Waals surface area contributed by atoms with E-state index in [0.717, 1.165) is 18.7 Å². The van der Waals surface area contributed by atoms with E-state index in [1.165, 1.54) is 56.9 Å². The van der Waals surface area contributed by atoms with Gasteiger partial charge in [0.25, 0.3) is 0 Å². The lowest BCUT2D eigenvalue weighted by Crippen LogP contribution is -2.40. The molecule has 0 radical (unpaired) electrons. The molecule has 2 nitrogen and oxygen atoms in total. The van der Waals surface area contributed by atoms with E-state index in [9.17, 15) is 4.79 Å². The molecule has 0 fully saturated rings. The van der Waals surface area contributed by atoms with Crippen LogP contribution in [0.25, 0.3) is 0 Å². The molecule has 0 saturated carbocycles. The van der Waals surface area contributed by atoms with Crippen LogP contribution in [0.1, 0.15) is 87.2 Å². The second-order valence-electron chi connectivity index (χ2n) is 7.20. The maximum absolute atomic E-state index is 12.6. The van der Waals surface area contributed by atoms with E-state index in [4.69, 9.17) is 0 Å². The van der Waals surface area contributed by atoms with Gasteiger partial charge in [0.2, 0.25) is 11.5 Å². The van der Waals surface area contributed by atoms with Gasteiger partial charge in [-0.3, -0.25) is 4.79 Å². The van der Waals surface area contributed by atoms with Crippen LogP contribution < -0.4 is 4.57 Å². The van der Waals surface area contributed by atoms with Gasteiger partial charge in [-0.1, -0.05) is 88.6 Å². The Kier molecular flexibility index (Phi) is 9.71. The van der Waals surface area contributed by atoms with Gasteiger partial charge in [0.1, 0.15) is 0 Å². The molecule has 0 spiro atoms. The molecule has 0 saturated heterocycles. The molecule has 0 atom stereocenters. The van der Waals surface area contributed by atoms with Crippen LogP contribution in [0.4, 0.5) is 0 Å². The second kappa shape index (κ2) is 12.4. The summed E-state index contributed by atoms with van der Waals surface area (Å²) in [6, 6.07) is 16.2. The fraction of sp³-hybridized carbons (Fsp3) is 0.500. The quantitative estimate of drug-likeness (QED) is 0.241. The SMILES string of the molecule is CCCCCCCCCCCC(=O)c1cccc[n+]1Cc1ccccc1. The van der Waals surface area contributed by atoms with E-state index in [1.807, 2.05) is 42.6 Å². The first-order valence-corrected chi connectivity index (χ1v) is 10.4. The zero-order chi connectivity index (χ0) is 18.5. The van der Waals surface area contributed by atoms with Crippen LogP contribution in [0.5, 0.6) is 0 Å². The summed E-state index contributed by atoms with van der Waals surface area (Å²) in [5, 5.41) is 0. The first-order chi connectivity index (χ1) is 12.8. The minimum Gasteiger partial charge on any atom is -0.287 e. The number of ketones is 1. The highest BCUT2D eigenvalue weighted by molar-refractivity contribution is 5.92. The number of benzene rings is 1. The van der Waals surface area contributed by atoms with Crippen LogP contribution in [0.2, 0.25) is 0 Å². The molecule has 0 amide bonds. The Hall–Kier alpha value is -1.96. The predicted molar refractivity (Wildman–Crippen MR) is 108 cm³/mol. The van der Waals surface area contributed by atoms with Crippen molar-refractivity contribution in [2.24, 2.45) is 0 Å². The van der Waals surface area contributed by atoms with E-state index in [2.05, 4.69) is 23.6 Å². The van der Waals surface area contributed by atoms with Crippen LogP contribution in [0.15, 0.2) is 54.7 Å². The van der Waals surface area contributed by atoms with Gasteiger partial charge in [-0.15, -0.1) is 0 Å². The Balaban J connectivity index is 1.72. The third-order valence-corrected chi connectivity index (χ3v) is 4.93. The normalized spacial score (nSPS) is 10.8. The number of Topliss-reactive ketones (excluding diaryl/α,β-unsaturated/α-hetero) is 1. The van der Waals surface area contributed by atoms with E-state index < -0.39 is 0 Å². The van der Waals surface area contributed by atoms with Crippen LogP contribution in [-0.4, -0.2) is 5.78 Å². The molecule has 2 aromatic rings. The molecule has 0 aliphatic carbocycles. The molecule has 140 valence electrons. The monoisotopic (exact) mass is 352 g/mol. The fourth-order valence-corrected chi connectivity index (χ4v) is 3.37. The van der Waals surface area contributed by atoms with E-state index in [1.54, 1.807) is 0 Å². The topological polar surface area (TPSA) is 20.9 Å². The lowest BCUT2D eigenvalue weighted by atomic mass is 10.0. The van der Waals surface area contributed by atoms with E-state index in [-0.39, 0.29) is 5.78 Å². The van der Waals surface area contributed by atoms with Crippen molar-refractivity contribution in [2.75, 3.05) is 0 Å². The van der Waals surface area contributed by atoms with Crippen molar-refractivity contribution in [3.8, 4) is 0 Å². The summed E-state index contributed by atoms with van der Waals surface area (Å²) in [5.41, 5.74) is 2.05. The third-order valence-electron chi connectivity index (χ3n) is 4.93. The molecular weight excluding hydrogens is 318 g/mol. The van der Waals surface area contributed by atoms with Crippen molar-refractivity contribution in [3.63, 3.8) is 0 Å². The summed E-state index contributed by atoms with van der Waals surface area (Å²) in [4.78, 5) is 12.6. The molecule has 1 aromatic heterocycles. The first kappa shape index (κ1) is 20.4. The molecule has 26 heavy (non-hydrogen) atoms. The highest BCUT2D eigenvalue weighted by atomic mass is 16.1. The molecule has 0 N–H and O–H groups in total. The number of hydrogen-bond donors (Lipinski definition) is 0. The highest BCUT2D eigenvalue weighted by Gasteiger charge is 2.18. The van der Waals surface area contributed by atoms with Crippen molar-refractivity contribution in [2.45, 2.75) is 77.7 Å². The molecule has 0 aliphatic heterocycles. The van der Waals surface area contributed by atoms with Crippen LogP contribution >= 0.6 is 0 Å². The number of unbranched alkanes of at least 4 members (excludes halogenated alkanes) is 8. The average molecular weight is 353 g/mol. The lowest BCUT2D eigenvalue weighted by molar-refractivity contribution is -0.690. The molecule has 1 heterocycles. The van der Waals surface area contributed by atoms with E-state index in [0.29, 0.717) is 6.42 Å². The van der Waals surface area contributed by atoms with Gasteiger partial charge in [0, 0.05) is 24.1 Å². The van der Waals surface area contributed by atoms with Crippen molar-refractivity contribution < 1.29 is 9.36 Å². The van der Waals surface area contributed by atoms with Gasteiger partial charge in [-0.05, 0) is 12.5 Å². The van der Waals surface area contributed by atoms with Crippen LogP contribution in [0, 0.1) is 0 Å². The zero-order valence-electron chi connectivity index (χ0n) is 16.3. The Labute approximate surface area is 159 Å². The standard InChI is InChI=1S/C24H34NO/c1-2-3-4-5-6-7-8-9-13-19-24(26)23-18-14-15-20-25(23)21-22-16-11-10-12-17-22/h10-12,14-18,20H,2-9,13,19,21H2,1H3/q+1. The third kappa shape index (κ3) is 7.51. The summed E-state index contributed by atoms with van der Waals surface area (Å²) in [7, 11) is 0. The fourth-order valence-electron chi connectivity index (χ4n) is 3.37. The molecule has 1 aromatic carbocycles. The Morgan fingerprint density at radius 3 is 2.08 bits per heavy atom. The maximum atomic E-state index is 12.6. The number of aromatic nitrogens is 1. The number of hydrogen-bond acceptors (Lipinski definition) is 1. The molecule has 0 unspecified atom stereocenters. The van der Waals surface area contributed by atoms with Crippen molar-refractivity contribution in [3.05, 3.63) is 66.0 Å². The molecular formula is C24H34NO+. The highest BCUT2D eigenvalue weighted by Crippen LogP contribution is 2.12. The number of carbonyl (C=O) groups excluding carboxylic acids is 1. The van der Waals surface area contributed by atoms with Gasteiger partial charge >= 0.3 is 0 Å². The average Bonchev–Trinajstić information content (AvgIpc) is 2.68. The Bertz CT molecular complexity index is 636. The second-order valence-corrected chi connectivity index (χ2v) is 7.20. The van der Waals surface area contributed by atoms with Gasteiger partial charge < -0.3 is 0 Å². The molecule has 0 bridgehead atoms. The Morgan fingerprint density at radius 2 is 1.38 bits per heavy atom. The summed E-state index contributed by atoms with van der Waals surface area (Å²) in [6.07, 6.45) is 14.2. The molecule has 2 heteroatoms. The van der Waals surface area contributed by atoms with Gasteiger partial charge in [0.15, 0.2) is 12.7 Å². The van der Waals surface area contributed by atoms with Crippen molar-refractivity contribution >= 4 is 5.78 Å². The van der Waals surface area contributed by atoms with E-state index >= 15 is 0 Å². The lowest BCUT2D eigenvalue weighted by Gasteiger charge is -2.04. The van der Waals surface area contributed by atoms with Gasteiger partial charge in [-0.25, -0.2) is 0 Å². The minimum atomic E-state index is 0.268. The summed E-state index contributed by atoms with van der Waals surface area (Å²) in [5.74, 6) is 0.268. The summed E-state index contributed by atoms with van der Waals surface area (Å²) in [6.45, 7) is 3.01. The van der Waals surface area contributed by atoms with Crippen molar-refractivity contribution in [1.82, 2.24) is 0 Å². The summed E-state index contributed by atoms with van der Waals surface area (Å²) >= 11 is 0. The van der Waals surface area contributed by atoms with Gasteiger partial charge in [0.05, 0.1) is 0 Å². The Morgan fingerprint density at radius 1 is 0.769 bits per heavy atom. The number of nitrogens with zero attached hydrogens (tertiary/aromatic N) is 1. The first-order valence-electron chi connectivity index (χ1n) is 10.4. The van der Waals surface area contributed by atoms with Crippen molar-refractivity contribution in [1.29, 1.82) is 0 Å². The van der Waals surface area contributed by atoms with Crippen LogP contribution in [-0.2, 0) is 6.54 Å². The largest absolute Gasteiger partial charge is 0.287 e. The van der Waals surface area contributed by atoms with Crippen LogP contribution in [0.3, 0.4) is 0 Å². The van der Waals surface area contributed by atoms with Gasteiger partial charge in [-0.2, -0.15) is 4.57 Å².